The van der Waals surface area contributed by atoms with Crippen LogP contribution in [0.2, 0.25) is 0 Å². The zero-order valence-electron chi connectivity index (χ0n) is 20.5. The summed E-state index contributed by atoms with van der Waals surface area (Å²) in [5.74, 6) is 0. The molecule has 0 aromatic carbocycles. The molecule has 0 saturated carbocycles. The van der Waals surface area contributed by atoms with Crippen molar-refractivity contribution in [2.45, 2.75) is 149 Å². The van der Waals surface area contributed by atoms with Gasteiger partial charge in [0.25, 0.3) is 0 Å². The van der Waals surface area contributed by atoms with E-state index in [2.05, 4.69) is 43.0 Å². The Morgan fingerprint density at radius 2 is 0.793 bits per heavy atom. The van der Waals surface area contributed by atoms with E-state index in [1.807, 2.05) is 0 Å². The molecule has 1 rings (SSSR count). The van der Waals surface area contributed by atoms with E-state index in [9.17, 15) is 0 Å². The summed E-state index contributed by atoms with van der Waals surface area (Å²) in [6.45, 7) is 9.44. The lowest BCUT2D eigenvalue weighted by atomic mass is 10.1. The second-order valence-corrected chi connectivity index (χ2v) is 9.35. The topological polar surface area (TPSA) is 6.48 Å². The van der Waals surface area contributed by atoms with Gasteiger partial charge in [0.05, 0.1) is 0 Å². The van der Waals surface area contributed by atoms with E-state index in [-0.39, 0.29) is 0 Å². The average molecular weight is 407 g/mol. The second-order valence-electron chi connectivity index (χ2n) is 9.35. The lowest BCUT2D eigenvalue weighted by molar-refractivity contribution is 0.135. The van der Waals surface area contributed by atoms with Crippen molar-refractivity contribution >= 4 is 0 Å². The highest BCUT2D eigenvalue weighted by atomic mass is 15.4. The molecule has 0 saturated heterocycles. The summed E-state index contributed by atoms with van der Waals surface area (Å²) in [4.78, 5) is 5.33. The van der Waals surface area contributed by atoms with E-state index in [4.69, 9.17) is 0 Å². The van der Waals surface area contributed by atoms with Crippen molar-refractivity contribution in [3.63, 3.8) is 0 Å². The van der Waals surface area contributed by atoms with Crippen LogP contribution < -0.4 is 0 Å². The third kappa shape index (κ3) is 13.3. The van der Waals surface area contributed by atoms with Crippen LogP contribution in [0.4, 0.5) is 0 Å². The summed E-state index contributed by atoms with van der Waals surface area (Å²) in [7, 11) is 0. The maximum absolute atomic E-state index is 2.67. The van der Waals surface area contributed by atoms with Crippen LogP contribution in [0.25, 0.3) is 0 Å². The highest BCUT2D eigenvalue weighted by Gasteiger charge is 2.24. The predicted octanol–water partition coefficient (Wildman–Crippen LogP) is 8.87. The van der Waals surface area contributed by atoms with Gasteiger partial charge < -0.3 is 9.80 Å². The van der Waals surface area contributed by atoms with Gasteiger partial charge in [0.2, 0.25) is 0 Å². The first-order valence-electron chi connectivity index (χ1n) is 13.5. The molecule has 1 aliphatic rings. The smallest absolute Gasteiger partial charge is 0.101 e. The zero-order valence-corrected chi connectivity index (χ0v) is 20.5. The molecule has 29 heavy (non-hydrogen) atoms. The molecule has 1 heterocycles. The van der Waals surface area contributed by atoms with E-state index < -0.39 is 0 Å². The number of rotatable bonds is 21. The number of hydrogen-bond acceptors (Lipinski definition) is 2. The fraction of sp³-hybridized carbons (Fsp3) is 0.926. The average Bonchev–Trinajstić information content (AvgIpc) is 3.11. The summed E-state index contributed by atoms with van der Waals surface area (Å²) in [5, 5.41) is 0. The maximum Gasteiger partial charge on any atom is 0.101 e. The predicted molar refractivity (Wildman–Crippen MR) is 131 cm³/mol. The first-order valence-corrected chi connectivity index (χ1v) is 13.5. The van der Waals surface area contributed by atoms with E-state index >= 15 is 0 Å². The van der Waals surface area contributed by atoms with Gasteiger partial charge in [0.1, 0.15) is 6.17 Å². The molecule has 0 aromatic rings. The Labute approximate surface area is 184 Å². The molecule has 1 atom stereocenters. The third-order valence-electron chi connectivity index (χ3n) is 6.57. The first kappa shape index (κ1) is 26.4. The summed E-state index contributed by atoms with van der Waals surface area (Å²) in [5.41, 5.74) is 0. The van der Waals surface area contributed by atoms with Crippen molar-refractivity contribution in [1.82, 2.24) is 9.80 Å². The molecule has 172 valence electrons. The molecule has 0 N–H and O–H groups in total. The molecule has 2 heteroatoms. The highest BCUT2D eigenvalue weighted by molar-refractivity contribution is 4.96. The second kappa shape index (κ2) is 19.3. The Hall–Kier alpha value is -0.660. The Balaban J connectivity index is 2.26. The monoisotopic (exact) mass is 406 g/mol. The summed E-state index contributed by atoms with van der Waals surface area (Å²) in [6, 6.07) is 0. The van der Waals surface area contributed by atoms with Crippen LogP contribution in [-0.2, 0) is 0 Å². The largest absolute Gasteiger partial charge is 0.356 e. The minimum absolute atomic E-state index is 0.645. The van der Waals surface area contributed by atoms with Gasteiger partial charge in [-0.25, -0.2) is 0 Å². The van der Waals surface area contributed by atoms with Gasteiger partial charge >= 0.3 is 0 Å². The van der Waals surface area contributed by atoms with E-state index in [1.165, 1.54) is 135 Å². The summed E-state index contributed by atoms with van der Waals surface area (Å²) in [6.07, 6.45) is 32.1. The summed E-state index contributed by atoms with van der Waals surface area (Å²) >= 11 is 0. The molecule has 0 aliphatic carbocycles. The van der Waals surface area contributed by atoms with Crippen molar-refractivity contribution < 1.29 is 0 Å². The van der Waals surface area contributed by atoms with Crippen molar-refractivity contribution in [2.24, 2.45) is 0 Å². The van der Waals surface area contributed by atoms with Crippen LogP contribution in [0, 0.1) is 0 Å². The number of hydrogen-bond donors (Lipinski definition) is 0. The lowest BCUT2D eigenvalue weighted by Crippen LogP contribution is -2.39. The van der Waals surface area contributed by atoms with Gasteiger partial charge in [-0.3, -0.25) is 0 Å². The fourth-order valence-corrected chi connectivity index (χ4v) is 4.60. The molecule has 0 spiro atoms. The Morgan fingerprint density at radius 1 is 0.448 bits per heavy atom. The molecule has 0 bridgehead atoms. The van der Waals surface area contributed by atoms with E-state index in [0.717, 1.165) is 0 Å². The van der Waals surface area contributed by atoms with Crippen LogP contribution in [0.5, 0.6) is 0 Å². The minimum atomic E-state index is 0.645. The van der Waals surface area contributed by atoms with Crippen molar-refractivity contribution in [1.29, 1.82) is 0 Å². The van der Waals surface area contributed by atoms with Gasteiger partial charge in [0.15, 0.2) is 0 Å². The lowest BCUT2D eigenvalue weighted by Gasteiger charge is -2.33. The Kier molecular flexibility index (Phi) is 17.6. The van der Waals surface area contributed by atoms with Gasteiger partial charge in [-0.1, -0.05) is 117 Å². The van der Waals surface area contributed by atoms with Crippen LogP contribution in [0.15, 0.2) is 12.4 Å². The van der Waals surface area contributed by atoms with Gasteiger partial charge in [0, 0.05) is 25.5 Å². The molecule has 0 aromatic heterocycles. The maximum atomic E-state index is 2.67. The van der Waals surface area contributed by atoms with E-state index in [1.54, 1.807) is 0 Å². The highest BCUT2D eigenvalue weighted by Crippen LogP contribution is 2.23. The molecule has 0 radical (unpaired) electrons. The molecule has 2 nitrogen and oxygen atoms in total. The van der Waals surface area contributed by atoms with Crippen molar-refractivity contribution in [2.75, 3.05) is 13.1 Å². The number of nitrogens with zero attached hydrogens (tertiary/aromatic N) is 2. The molecule has 0 fully saturated rings. The molecule has 1 unspecified atom stereocenters. The standard InChI is InChI=1S/C27H54N2/c1-4-7-10-13-15-16-18-21-24-29-26-25-28(23-20-17-14-11-8-5-2)27(29)22-19-12-9-6-3/h25-27H,4-24H2,1-3H3. The Bertz CT molecular complexity index is 366. The zero-order chi connectivity index (χ0) is 21.0. The first-order chi connectivity index (χ1) is 14.3. The van der Waals surface area contributed by atoms with Gasteiger partial charge in [-0.2, -0.15) is 0 Å². The van der Waals surface area contributed by atoms with Crippen LogP contribution in [-0.4, -0.2) is 29.1 Å². The molecule has 1 aliphatic heterocycles. The van der Waals surface area contributed by atoms with Crippen LogP contribution in [0.3, 0.4) is 0 Å². The quantitative estimate of drug-likeness (QED) is 0.176. The molecular formula is C27H54N2. The van der Waals surface area contributed by atoms with E-state index in [0.29, 0.717) is 6.17 Å². The van der Waals surface area contributed by atoms with Crippen molar-refractivity contribution in [3.05, 3.63) is 12.4 Å². The van der Waals surface area contributed by atoms with Crippen LogP contribution >= 0.6 is 0 Å². The molecule has 0 amide bonds. The van der Waals surface area contributed by atoms with Crippen molar-refractivity contribution in [3.8, 4) is 0 Å². The van der Waals surface area contributed by atoms with Gasteiger partial charge in [-0.05, 0) is 25.7 Å². The minimum Gasteiger partial charge on any atom is -0.356 e. The fourth-order valence-electron chi connectivity index (χ4n) is 4.60. The third-order valence-corrected chi connectivity index (χ3v) is 6.57. The number of unbranched alkanes of at least 4 members (excludes halogenated alkanes) is 15. The SMILES string of the molecule is CCCCCCCCCCN1C=CN(CCCCCCCC)C1CCCCCC. The van der Waals surface area contributed by atoms with Crippen LogP contribution in [0.1, 0.15) is 143 Å². The Morgan fingerprint density at radius 3 is 1.21 bits per heavy atom. The normalized spacial score (nSPS) is 16.3. The summed E-state index contributed by atoms with van der Waals surface area (Å²) < 4.78 is 0. The van der Waals surface area contributed by atoms with Gasteiger partial charge in [-0.15, -0.1) is 0 Å². The molecular weight excluding hydrogens is 352 g/mol.